The lowest BCUT2D eigenvalue weighted by Crippen LogP contribution is -2.44. The van der Waals surface area contributed by atoms with Crippen LogP contribution in [0.2, 0.25) is 0 Å². The van der Waals surface area contributed by atoms with Crippen LogP contribution in [0.5, 0.6) is 0 Å². The van der Waals surface area contributed by atoms with Crippen molar-refractivity contribution in [3.05, 3.63) is 36.2 Å². The number of benzene rings is 1. The van der Waals surface area contributed by atoms with Gasteiger partial charge in [-0.2, -0.15) is 5.06 Å². The average Bonchev–Trinajstić information content (AvgIpc) is 2.99. The molecule has 25 heavy (non-hydrogen) atoms. The number of amides is 1. The fraction of sp³-hybridized carbons (Fsp3) is 0.500. The number of hydroxylamine groups is 2. The van der Waals surface area contributed by atoms with E-state index in [4.69, 9.17) is 9.15 Å². The Bertz CT molecular complexity index is 692. The molecule has 2 rings (SSSR count). The highest BCUT2D eigenvalue weighted by molar-refractivity contribution is 5.67. The van der Waals surface area contributed by atoms with Crippen LogP contribution in [0.1, 0.15) is 40.5 Å². The van der Waals surface area contributed by atoms with Crippen LogP contribution >= 0.6 is 0 Å². The van der Waals surface area contributed by atoms with E-state index in [9.17, 15) is 10.0 Å². The normalized spacial score (nSPS) is 12.9. The van der Waals surface area contributed by atoms with Crippen LogP contribution < -0.4 is 0 Å². The van der Waals surface area contributed by atoms with Crippen molar-refractivity contribution in [1.29, 1.82) is 0 Å². The van der Waals surface area contributed by atoms with Gasteiger partial charge in [0, 0.05) is 12.0 Å². The summed E-state index contributed by atoms with van der Waals surface area (Å²) < 4.78 is 10.9. The largest absolute Gasteiger partial charge is 0.442 e. The molecule has 0 aliphatic heterocycles. The molecular formula is C18H25N3O4. The highest BCUT2D eigenvalue weighted by Crippen LogP contribution is 2.21. The standard InChI is InChI=1S/C18H25N3O4/c1-12(2)14(21(23)17(22)25-18(3,4)5)11-15-19-20-16(24-15)13-9-7-6-8-10-13/h6-10,12,14,23H,11H2,1-5H3/t14-/m0/s1. The van der Waals surface area contributed by atoms with E-state index in [2.05, 4.69) is 10.2 Å². The molecule has 2 aromatic rings. The van der Waals surface area contributed by atoms with Crippen LogP contribution in [-0.2, 0) is 11.2 Å². The van der Waals surface area contributed by atoms with Gasteiger partial charge in [0.15, 0.2) is 0 Å². The third-order valence-corrected chi connectivity index (χ3v) is 3.54. The zero-order valence-corrected chi connectivity index (χ0v) is 15.3. The van der Waals surface area contributed by atoms with E-state index in [0.717, 1.165) is 5.56 Å². The summed E-state index contributed by atoms with van der Waals surface area (Å²) in [5.41, 5.74) is 0.125. The minimum Gasteiger partial charge on any atom is -0.442 e. The summed E-state index contributed by atoms with van der Waals surface area (Å²) in [7, 11) is 0. The van der Waals surface area contributed by atoms with Gasteiger partial charge in [-0.1, -0.05) is 32.0 Å². The van der Waals surface area contributed by atoms with Crippen molar-refractivity contribution in [2.75, 3.05) is 0 Å². The van der Waals surface area contributed by atoms with Crippen molar-refractivity contribution < 1.29 is 19.2 Å². The maximum absolute atomic E-state index is 12.1. The van der Waals surface area contributed by atoms with Gasteiger partial charge in [-0.25, -0.2) is 4.79 Å². The van der Waals surface area contributed by atoms with Crippen molar-refractivity contribution in [2.24, 2.45) is 5.92 Å². The molecule has 7 heteroatoms. The van der Waals surface area contributed by atoms with Crippen molar-refractivity contribution in [1.82, 2.24) is 15.3 Å². The highest BCUT2D eigenvalue weighted by Gasteiger charge is 2.31. The first-order valence-corrected chi connectivity index (χ1v) is 8.26. The molecule has 1 amide bonds. The zero-order valence-electron chi connectivity index (χ0n) is 15.3. The van der Waals surface area contributed by atoms with Crippen LogP contribution in [0.15, 0.2) is 34.7 Å². The summed E-state index contributed by atoms with van der Waals surface area (Å²) in [5.74, 6) is 0.713. The smallest absolute Gasteiger partial charge is 0.434 e. The number of rotatable bonds is 5. The molecule has 136 valence electrons. The van der Waals surface area contributed by atoms with E-state index in [1.165, 1.54) is 0 Å². The summed E-state index contributed by atoms with van der Waals surface area (Å²) >= 11 is 0. The van der Waals surface area contributed by atoms with Gasteiger partial charge < -0.3 is 9.15 Å². The van der Waals surface area contributed by atoms with E-state index in [1.807, 2.05) is 44.2 Å². The van der Waals surface area contributed by atoms with Crippen molar-refractivity contribution in [2.45, 2.75) is 52.7 Å². The van der Waals surface area contributed by atoms with E-state index in [1.54, 1.807) is 20.8 Å². The van der Waals surface area contributed by atoms with Crippen molar-refractivity contribution >= 4 is 6.09 Å². The van der Waals surface area contributed by atoms with E-state index < -0.39 is 17.7 Å². The van der Waals surface area contributed by atoms with Crippen molar-refractivity contribution in [3.63, 3.8) is 0 Å². The maximum atomic E-state index is 12.1. The van der Waals surface area contributed by atoms with Gasteiger partial charge in [-0.05, 0) is 38.8 Å². The predicted octanol–water partition coefficient (Wildman–Crippen LogP) is 3.93. The number of hydrogen-bond donors (Lipinski definition) is 1. The van der Waals surface area contributed by atoms with E-state index in [0.29, 0.717) is 16.8 Å². The molecule has 0 bridgehead atoms. The number of aromatic nitrogens is 2. The van der Waals surface area contributed by atoms with Gasteiger partial charge in [-0.3, -0.25) is 5.21 Å². The van der Waals surface area contributed by atoms with E-state index >= 15 is 0 Å². The first kappa shape index (κ1) is 18.9. The Labute approximate surface area is 147 Å². The van der Waals surface area contributed by atoms with Gasteiger partial charge in [0.05, 0.1) is 6.04 Å². The molecule has 0 fully saturated rings. The Balaban J connectivity index is 2.12. The molecule has 1 N–H and O–H groups in total. The lowest BCUT2D eigenvalue weighted by Gasteiger charge is -2.30. The second kappa shape index (κ2) is 7.65. The highest BCUT2D eigenvalue weighted by atomic mass is 16.6. The summed E-state index contributed by atoms with van der Waals surface area (Å²) in [6.45, 7) is 9.02. The Hall–Kier alpha value is -2.41. The maximum Gasteiger partial charge on any atom is 0.434 e. The second-order valence-corrected chi connectivity index (χ2v) is 7.21. The Morgan fingerprint density at radius 2 is 1.88 bits per heavy atom. The Kier molecular flexibility index (Phi) is 5.79. The van der Waals surface area contributed by atoms with Crippen LogP contribution in [0.25, 0.3) is 11.5 Å². The number of ether oxygens (including phenoxy) is 1. The van der Waals surface area contributed by atoms with Crippen LogP contribution in [0, 0.1) is 5.92 Å². The lowest BCUT2D eigenvalue weighted by molar-refractivity contribution is -0.130. The minimum atomic E-state index is -0.797. The fourth-order valence-corrected chi connectivity index (χ4v) is 2.26. The summed E-state index contributed by atoms with van der Waals surface area (Å²) in [6, 6.07) is 8.87. The summed E-state index contributed by atoms with van der Waals surface area (Å²) in [6.07, 6.45) is -0.568. The minimum absolute atomic E-state index is 0.0374. The second-order valence-electron chi connectivity index (χ2n) is 7.21. The number of hydrogen-bond acceptors (Lipinski definition) is 6. The molecule has 0 spiro atoms. The average molecular weight is 347 g/mol. The lowest BCUT2D eigenvalue weighted by atomic mass is 10.0. The van der Waals surface area contributed by atoms with Crippen LogP contribution in [-0.4, -0.2) is 38.2 Å². The molecular weight excluding hydrogens is 322 g/mol. The topological polar surface area (TPSA) is 88.7 Å². The van der Waals surface area contributed by atoms with Crippen LogP contribution in [0.4, 0.5) is 4.79 Å². The Morgan fingerprint density at radius 1 is 1.24 bits per heavy atom. The molecule has 0 aliphatic rings. The number of nitrogens with zero attached hydrogens (tertiary/aromatic N) is 3. The monoisotopic (exact) mass is 347 g/mol. The SMILES string of the molecule is CC(C)[C@H](Cc1nnc(-c2ccccc2)o1)N(O)C(=O)OC(C)(C)C. The first-order chi connectivity index (χ1) is 11.7. The van der Waals surface area contributed by atoms with E-state index in [-0.39, 0.29) is 12.3 Å². The third-order valence-electron chi connectivity index (χ3n) is 3.54. The van der Waals surface area contributed by atoms with Crippen molar-refractivity contribution in [3.8, 4) is 11.5 Å². The Morgan fingerprint density at radius 3 is 2.44 bits per heavy atom. The number of carbonyl (C=O) groups is 1. The number of carbonyl (C=O) groups excluding carboxylic acids is 1. The molecule has 1 aromatic heterocycles. The molecule has 0 saturated carbocycles. The predicted molar refractivity (Wildman–Crippen MR) is 91.9 cm³/mol. The zero-order chi connectivity index (χ0) is 18.6. The van der Waals surface area contributed by atoms with Gasteiger partial charge in [0.1, 0.15) is 5.60 Å². The molecule has 1 atom stereocenters. The molecule has 0 aliphatic carbocycles. The molecule has 1 aromatic carbocycles. The van der Waals surface area contributed by atoms with Gasteiger partial charge >= 0.3 is 6.09 Å². The molecule has 1 heterocycles. The van der Waals surface area contributed by atoms with Gasteiger partial charge in [0.2, 0.25) is 11.8 Å². The molecule has 0 radical (unpaired) electrons. The summed E-state index contributed by atoms with van der Waals surface area (Å²) in [5, 5.41) is 18.9. The van der Waals surface area contributed by atoms with Crippen LogP contribution in [0.3, 0.4) is 0 Å². The molecule has 7 nitrogen and oxygen atoms in total. The van der Waals surface area contributed by atoms with Gasteiger partial charge in [-0.15, -0.1) is 10.2 Å². The summed E-state index contributed by atoms with van der Waals surface area (Å²) in [4.78, 5) is 12.1. The van der Waals surface area contributed by atoms with Gasteiger partial charge in [0.25, 0.3) is 0 Å². The molecule has 0 saturated heterocycles. The third kappa shape index (κ3) is 5.29. The quantitative estimate of drug-likeness (QED) is 0.651. The molecule has 0 unspecified atom stereocenters. The fourth-order valence-electron chi connectivity index (χ4n) is 2.26. The first-order valence-electron chi connectivity index (χ1n) is 8.26.